The van der Waals surface area contributed by atoms with Crippen LogP contribution in [0.25, 0.3) is 11.0 Å². The Morgan fingerprint density at radius 3 is 2.32 bits per heavy atom. The number of rotatable bonds is 4. The average molecular weight is 384 g/mol. The Morgan fingerprint density at radius 1 is 1.04 bits per heavy atom. The van der Waals surface area contributed by atoms with Gasteiger partial charge in [-0.1, -0.05) is 20.8 Å². The van der Waals surface area contributed by atoms with Crippen LogP contribution in [0.5, 0.6) is 5.75 Å². The number of benzene rings is 2. The van der Waals surface area contributed by atoms with Crippen molar-refractivity contribution in [2.45, 2.75) is 33.1 Å². The number of hydrogen-bond acceptors (Lipinski definition) is 5. The minimum Gasteiger partial charge on any atom is -0.462 e. The van der Waals surface area contributed by atoms with Crippen LogP contribution < -0.4 is 4.74 Å². The summed E-state index contributed by atoms with van der Waals surface area (Å²) in [7, 11) is 0. The third-order valence-electron chi connectivity index (χ3n) is 4.11. The van der Waals surface area contributed by atoms with Gasteiger partial charge in [0.25, 0.3) is 0 Å². The Morgan fingerprint density at radius 2 is 1.71 bits per heavy atom. The van der Waals surface area contributed by atoms with Crippen LogP contribution in [-0.2, 0) is 10.2 Å². The normalized spacial score (nSPS) is 11.5. The minimum absolute atomic E-state index is 0.217. The molecule has 28 heavy (non-hydrogen) atoms. The predicted octanol–water partition coefficient (Wildman–Crippen LogP) is 5.27. The molecule has 0 fully saturated rings. The van der Waals surface area contributed by atoms with Gasteiger partial charge in [-0.25, -0.2) is 14.0 Å². The highest BCUT2D eigenvalue weighted by Crippen LogP contribution is 2.36. The summed E-state index contributed by atoms with van der Waals surface area (Å²) in [6.07, 6.45) is 0. The summed E-state index contributed by atoms with van der Waals surface area (Å²) < 4.78 is 29.5. The summed E-state index contributed by atoms with van der Waals surface area (Å²) in [5.41, 5.74) is 0.611. The van der Waals surface area contributed by atoms with E-state index in [2.05, 4.69) is 0 Å². The van der Waals surface area contributed by atoms with Gasteiger partial charge in [-0.15, -0.1) is 0 Å². The van der Waals surface area contributed by atoms with Crippen molar-refractivity contribution in [3.05, 3.63) is 65.2 Å². The molecule has 0 radical (unpaired) electrons. The van der Waals surface area contributed by atoms with Gasteiger partial charge < -0.3 is 13.9 Å². The highest BCUT2D eigenvalue weighted by Gasteiger charge is 2.30. The fourth-order valence-electron chi connectivity index (χ4n) is 2.83. The first-order valence-corrected chi connectivity index (χ1v) is 8.92. The van der Waals surface area contributed by atoms with Gasteiger partial charge in [-0.2, -0.15) is 0 Å². The summed E-state index contributed by atoms with van der Waals surface area (Å²) in [4.78, 5) is 24.8. The molecule has 146 valence electrons. The first-order valence-electron chi connectivity index (χ1n) is 8.92. The maximum Gasteiger partial charge on any atom is 0.343 e. The van der Waals surface area contributed by atoms with E-state index in [0.717, 1.165) is 0 Å². The summed E-state index contributed by atoms with van der Waals surface area (Å²) in [6.45, 7) is 7.76. The van der Waals surface area contributed by atoms with E-state index in [9.17, 15) is 14.0 Å². The van der Waals surface area contributed by atoms with E-state index in [1.54, 1.807) is 25.1 Å². The molecule has 1 heterocycles. The van der Waals surface area contributed by atoms with Crippen molar-refractivity contribution in [3.63, 3.8) is 0 Å². The molecule has 0 aliphatic rings. The van der Waals surface area contributed by atoms with Gasteiger partial charge in [0.15, 0.2) is 0 Å². The van der Waals surface area contributed by atoms with E-state index in [4.69, 9.17) is 13.9 Å². The zero-order chi connectivity index (χ0) is 20.5. The van der Waals surface area contributed by atoms with Gasteiger partial charge in [-0.05, 0) is 49.4 Å². The molecule has 6 heteroatoms. The van der Waals surface area contributed by atoms with E-state index in [-0.39, 0.29) is 17.9 Å². The van der Waals surface area contributed by atoms with Crippen LogP contribution in [0.2, 0.25) is 0 Å². The van der Waals surface area contributed by atoms with Gasteiger partial charge in [0.2, 0.25) is 0 Å². The zero-order valence-electron chi connectivity index (χ0n) is 16.2. The number of ether oxygens (including phenoxy) is 2. The lowest BCUT2D eigenvalue weighted by atomic mass is 9.89. The van der Waals surface area contributed by atoms with Gasteiger partial charge in [0.1, 0.15) is 28.5 Å². The van der Waals surface area contributed by atoms with E-state index >= 15 is 0 Å². The molecule has 0 amide bonds. The van der Waals surface area contributed by atoms with E-state index in [1.165, 1.54) is 24.3 Å². The molecule has 0 atom stereocenters. The Hall–Kier alpha value is -3.15. The third-order valence-corrected chi connectivity index (χ3v) is 4.11. The summed E-state index contributed by atoms with van der Waals surface area (Å²) in [6, 6.07) is 9.84. The van der Waals surface area contributed by atoms with Crippen molar-refractivity contribution in [3.8, 4) is 5.75 Å². The molecule has 5 nitrogen and oxygen atoms in total. The fourth-order valence-corrected chi connectivity index (χ4v) is 2.83. The number of carbonyl (C=O) groups is 2. The largest absolute Gasteiger partial charge is 0.462 e. The van der Waals surface area contributed by atoms with Crippen molar-refractivity contribution >= 4 is 22.9 Å². The van der Waals surface area contributed by atoms with Crippen LogP contribution >= 0.6 is 0 Å². The average Bonchev–Trinajstić information content (AvgIpc) is 3.01. The molecular weight excluding hydrogens is 363 g/mol. The van der Waals surface area contributed by atoms with Gasteiger partial charge in [-0.3, -0.25) is 0 Å². The molecule has 0 spiro atoms. The molecule has 0 saturated carbocycles. The topological polar surface area (TPSA) is 65.7 Å². The maximum atomic E-state index is 13.0. The fraction of sp³-hybridized carbons (Fsp3) is 0.273. The summed E-state index contributed by atoms with van der Waals surface area (Å²) in [5, 5.41) is 0.507. The molecule has 3 rings (SSSR count). The molecule has 0 N–H and O–H groups in total. The van der Waals surface area contributed by atoms with E-state index in [1.807, 2.05) is 20.8 Å². The predicted molar refractivity (Wildman–Crippen MR) is 102 cm³/mol. The second-order valence-corrected chi connectivity index (χ2v) is 7.33. The van der Waals surface area contributed by atoms with Crippen LogP contribution in [0.4, 0.5) is 4.39 Å². The number of hydrogen-bond donors (Lipinski definition) is 0. The number of fused-ring (bicyclic) bond motifs is 1. The van der Waals surface area contributed by atoms with Crippen LogP contribution in [0, 0.1) is 5.82 Å². The van der Waals surface area contributed by atoms with Crippen molar-refractivity contribution in [1.82, 2.24) is 0 Å². The van der Waals surface area contributed by atoms with Gasteiger partial charge in [0, 0.05) is 10.8 Å². The van der Waals surface area contributed by atoms with E-state index in [0.29, 0.717) is 22.3 Å². The van der Waals surface area contributed by atoms with Crippen LogP contribution in [0.15, 0.2) is 46.9 Å². The first kappa shape index (κ1) is 19.6. The molecule has 3 aromatic rings. The lowest BCUT2D eigenvalue weighted by molar-refractivity contribution is 0.0523. The second kappa shape index (κ2) is 7.46. The minimum atomic E-state index is -0.628. The smallest absolute Gasteiger partial charge is 0.343 e. The Kier molecular flexibility index (Phi) is 5.23. The molecular formula is C22H21FO5. The Balaban J connectivity index is 2.02. The second-order valence-electron chi connectivity index (χ2n) is 7.33. The number of furan rings is 1. The van der Waals surface area contributed by atoms with Crippen LogP contribution in [0.1, 0.15) is 54.2 Å². The molecule has 0 unspecified atom stereocenters. The Labute approximate surface area is 162 Å². The van der Waals surface area contributed by atoms with Crippen LogP contribution in [-0.4, -0.2) is 18.5 Å². The summed E-state index contributed by atoms with van der Waals surface area (Å²) in [5.74, 6) is -0.813. The van der Waals surface area contributed by atoms with Gasteiger partial charge >= 0.3 is 11.9 Å². The number of esters is 2. The molecule has 0 aliphatic heterocycles. The third kappa shape index (κ3) is 3.91. The SMILES string of the molecule is CCOC(=O)c1c(C(C)(C)C)oc2ccc(OC(=O)c3ccc(F)cc3)cc12. The maximum absolute atomic E-state index is 13.0. The van der Waals surface area contributed by atoms with E-state index < -0.39 is 23.2 Å². The van der Waals surface area contributed by atoms with Crippen molar-refractivity contribution in [2.75, 3.05) is 6.61 Å². The molecule has 2 aromatic carbocycles. The first-order chi connectivity index (χ1) is 13.2. The molecule has 0 bridgehead atoms. The molecule has 1 aromatic heterocycles. The Bertz CT molecular complexity index is 1030. The quantitative estimate of drug-likeness (QED) is 0.453. The number of carbonyl (C=O) groups excluding carboxylic acids is 2. The summed E-state index contributed by atoms with van der Waals surface area (Å²) >= 11 is 0. The molecule has 0 aliphatic carbocycles. The number of halogens is 1. The molecule has 0 saturated heterocycles. The standard InChI is InChI=1S/C22H21FO5/c1-5-26-21(25)18-16-12-15(10-11-17(16)28-19(18)22(2,3)4)27-20(24)13-6-8-14(23)9-7-13/h6-12H,5H2,1-4H3. The highest BCUT2D eigenvalue weighted by molar-refractivity contribution is 6.05. The van der Waals surface area contributed by atoms with Crippen molar-refractivity contribution < 1.29 is 27.9 Å². The van der Waals surface area contributed by atoms with Crippen LogP contribution in [0.3, 0.4) is 0 Å². The highest BCUT2D eigenvalue weighted by atomic mass is 19.1. The van der Waals surface area contributed by atoms with Crippen molar-refractivity contribution in [1.29, 1.82) is 0 Å². The zero-order valence-corrected chi connectivity index (χ0v) is 16.2. The lowest BCUT2D eigenvalue weighted by Crippen LogP contribution is -2.16. The van der Waals surface area contributed by atoms with Gasteiger partial charge in [0.05, 0.1) is 12.2 Å². The lowest BCUT2D eigenvalue weighted by Gasteiger charge is -2.16. The van der Waals surface area contributed by atoms with Crippen molar-refractivity contribution in [2.24, 2.45) is 0 Å². The monoisotopic (exact) mass is 384 g/mol.